The predicted molar refractivity (Wildman–Crippen MR) is 93.2 cm³/mol. The van der Waals surface area contributed by atoms with Gasteiger partial charge in [0, 0.05) is 37.9 Å². The lowest BCUT2D eigenvalue weighted by atomic mass is 10.1. The van der Waals surface area contributed by atoms with Gasteiger partial charge in [-0.05, 0) is 17.7 Å². The van der Waals surface area contributed by atoms with E-state index < -0.39 is 0 Å². The molecule has 1 aliphatic rings. The van der Waals surface area contributed by atoms with Gasteiger partial charge in [-0.2, -0.15) is 5.26 Å². The van der Waals surface area contributed by atoms with Crippen LogP contribution in [0.5, 0.6) is 0 Å². The van der Waals surface area contributed by atoms with Crippen LogP contribution in [0.2, 0.25) is 0 Å². The summed E-state index contributed by atoms with van der Waals surface area (Å²) in [6.07, 6.45) is 2.28. The first-order chi connectivity index (χ1) is 12.2. The van der Waals surface area contributed by atoms with Gasteiger partial charge in [0.2, 0.25) is 0 Å². The third-order valence-corrected chi connectivity index (χ3v) is 4.49. The van der Waals surface area contributed by atoms with Gasteiger partial charge in [-0.3, -0.25) is 14.8 Å². The molecular formula is C19H17N5O. The Morgan fingerprint density at radius 3 is 2.76 bits per heavy atom. The van der Waals surface area contributed by atoms with Crippen LogP contribution in [0.4, 0.5) is 0 Å². The van der Waals surface area contributed by atoms with Crippen LogP contribution in [0.25, 0.3) is 5.82 Å². The van der Waals surface area contributed by atoms with E-state index in [4.69, 9.17) is 5.26 Å². The van der Waals surface area contributed by atoms with Crippen LogP contribution in [0.15, 0.2) is 53.5 Å². The normalized spacial score (nSPS) is 14.0. The van der Waals surface area contributed by atoms with Crippen LogP contribution >= 0.6 is 0 Å². The number of H-pyrrole nitrogens is 1. The number of hydrogen-bond acceptors (Lipinski definition) is 4. The number of hydrogen-bond donors (Lipinski definition) is 1. The number of pyridine rings is 1. The summed E-state index contributed by atoms with van der Waals surface area (Å²) in [7, 11) is 0. The first-order valence-corrected chi connectivity index (χ1v) is 8.20. The van der Waals surface area contributed by atoms with Crippen molar-refractivity contribution in [2.45, 2.75) is 19.5 Å². The van der Waals surface area contributed by atoms with Gasteiger partial charge < -0.3 is 0 Å². The van der Waals surface area contributed by atoms with Crippen molar-refractivity contribution in [2.24, 2.45) is 0 Å². The summed E-state index contributed by atoms with van der Waals surface area (Å²) in [5, 5.41) is 12.0. The fourth-order valence-electron chi connectivity index (χ4n) is 3.18. The molecule has 1 N–H and O–H groups in total. The summed E-state index contributed by atoms with van der Waals surface area (Å²) in [6.45, 7) is 2.37. The van der Waals surface area contributed by atoms with Crippen molar-refractivity contribution in [3.05, 3.63) is 81.4 Å². The molecule has 0 bridgehead atoms. The Bertz CT molecular complexity index is 979. The van der Waals surface area contributed by atoms with Crippen LogP contribution in [0, 0.1) is 11.3 Å². The van der Waals surface area contributed by atoms with Crippen molar-refractivity contribution >= 4 is 0 Å². The average Bonchev–Trinajstić information content (AvgIpc) is 2.99. The van der Waals surface area contributed by atoms with E-state index in [-0.39, 0.29) is 5.56 Å². The topological polar surface area (TPSA) is 77.7 Å². The summed E-state index contributed by atoms with van der Waals surface area (Å²) in [6, 6.07) is 15.7. The molecule has 0 amide bonds. The van der Waals surface area contributed by atoms with E-state index in [2.05, 4.69) is 27.1 Å². The Morgan fingerprint density at radius 1 is 1.20 bits per heavy atom. The van der Waals surface area contributed by atoms with Crippen LogP contribution in [-0.4, -0.2) is 26.2 Å². The van der Waals surface area contributed by atoms with Gasteiger partial charge in [-0.1, -0.05) is 30.3 Å². The lowest BCUT2D eigenvalue weighted by Gasteiger charge is -2.25. The molecule has 6 heteroatoms. The van der Waals surface area contributed by atoms with Crippen molar-refractivity contribution in [1.29, 1.82) is 5.26 Å². The van der Waals surface area contributed by atoms with Gasteiger partial charge in [-0.15, -0.1) is 0 Å². The van der Waals surface area contributed by atoms with Gasteiger partial charge >= 0.3 is 0 Å². The minimum absolute atomic E-state index is 0.0648. The SMILES string of the molecule is N#Cc1ccc(-n2[nH]c3c(c2=O)CN(Cc2ccccc2)CC3)nc1. The zero-order valence-electron chi connectivity index (χ0n) is 13.6. The van der Waals surface area contributed by atoms with Crippen molar-refractivity contribution in [3.63, 3.8) is 0 Å². The zero-order chi connectivity index (χ0) is 17.2. The number of aromatic nitrogens is 3. The smallest absolute Gasteiger partial charge is 0.277 e. The summed E-state index contributed by atoms with van der Waals surface area (Å²) >= 11 is 0. The third kappa shape index (κ3) is 2.97. The average molecular weight is 331 g/mol. The summed E-state index contributed by atoms with van der Waals surface area (Å²) in [5.41, 5.74) is 3.43. The Morgan fingerprint density at radius 2 is 2.04 bits per heavy atom. The Hall–Kier alpha value is -3.17. The molecule has 0 radical (unpaired) electrons. The molecule has 6 nitrogen and oxygen atoms in total. The number of nitrogens with zero attached hydrogens (tertiary/aromatic N) is 4. The molecule has 0 saturated carbocycles. The van der Waals surface area contributed by atoms with Crippen LogP contribution < -0.4 is 5.56 Å². The molecule has 3 aromatic rings. The second-order valence-corrected chi connectivity index (χ2v) is 6.17. The quantitative estimate of drug-likeness (QED) is 0.796. The monoisotopic (exact) mass is 331 g/mol. The predicted octanol–water partition coefficient (Wildman–Crippen LogP) is 1.99. The van der Waals surface area contributed by atoms with Crippen LogP contribution in [-0.2, 0) is 19.5 Å². The summed E-state index contributed by atoms with van der Waals surface area (Å²) < 4.78 is 1.47. The molecule has 1 aliphatic heterocycles. The molecule has 1 aromatic carbocycles. The Labute approximate surface area is 145 Å². The fourth-order valence-corrected chi connectivity index (χ4v) is 3.18. The molecule has 0 atom stereocenters. The number of nitrogens with one attached hydrogen (secondary N) is 1. The number of aromatic amines is 1. The van der Waals surface area contributed by atoms with Gasteiger partial charge in [0.25, 0.3) is 5.56 Å². The first-order valence-electron chi connectivity index (χ1n) is 8.20. The first kappa shape index (κ1) is 15.4. The second-order valence-electron chi connectivity index (χ2n) is 6.17. The fraction of sp³-hybridized carbons (Fsp3) is 0.211. The minimum Gasteiger partial charge on any atom is -0.294 e. The minimum atomic E-state index is -0.0648. The molecule has 0 unspecified atom stereocenters. The lowest BCUT2D eigenvalue weighted by Crippen LogP contribution is -2.32. The van der Waals surface area contributed by atoms with Crippen molar-refractivity contribution in [1.82, 2.24) is 19.7 Å². The van der Waals surface area contributed by atoms with E-state index >= 15 is 0 Å². The van der Waals surface area contributed by atoms with Gasteiger partial charge in [0.1, 0.15) is 6.07 Å². The number of rotatable bonds is 3. The van der Waals surface area contributed by atoms with Gasteiger partial charge in [-0.25, -0.2) is 9.67 Å². The summed E-state index contributed by atoms with van der Waals surface area (Å²) in [5.74, 6) is 0.507. The molecule has 0 spiro atoms. The standard InChI is InChI=1S/C19H17N5O/c20-10-15-6-7-18(21-11-15)24-19(25)16-13-23(9-8-17(16)22-24)12-14-4-2-1-3-5-14/h1-7,11,22H,8-9,12-13H2. The van der Waals surface area contributed by atoms with Crippen molar-refractivity contribution in [3.8, 4) is 11.9 Å². The van der Waals surface area contributed by atoms with E-state index in [1.165, 1.54) is 16.4 Å². The molecule has 4 rings (SSSR count). The third-order valence-electron chi connectivity index (χ3n) is 4.49. The molecule has 2 aromatic heterocycles. The van der Waals surface area contributed by atoms with Crippen molar-refractivity contribution in [2.75, 3.05) is 6.54 Å². The van der Waals surface area contributed by atoms with E-state index in [9.17, 15) is 4.79 Å². The highest BCUT2D eigenvalue weighted by Crippen LogP contribution is 2.17. The van der Waals surface area contributed by atoms with Crippen LogP contribution in [0.1, 0.15) is 22.4 Å². The van der Waals surface area contributed by atoms with E-state index in [1.807, 2.05) is 24.3 Å². The van der Waals surface area contributed by atoms with Crippen LogP contribution in [0.3, 0.4) is 0 Å². The van der Waals surface area contributed by atoms with Crippen molar-refractivity contribution < 1.29 is 0 Å². The maximum Gasteiger partial charge on any atom is 0.277 e. The molecule has 0 fully saturated rings. The van der Waals surface area contributed by atoms with Gasteiger partial charge in [0.15, 0.2) is 5.82 Å². The molecule has 25 heavy (non-hydrogen) atoms. The molecule has 124 valence electrons. The lowest BCUT2D eigenvalue weighted by molar-refractivity contribution is 0.244. The van der Waals surface area contributed by atoms with E-state index in [1.54, 1.807) is 12.1 Å². The summed E-state index contributed by atoms with van der Waals surface area (Å²) in [4.78, 5) is 19.3. The number of nitriles is 1. The largest absolute Gasteiger partial charge is 0.294 e. The number of benzene rings is 1. The Kier molecular flexibility index (Phi) is 3.92. The highest BCUT2D eigenvalue weighted by molar-refractivity contribution is 5.33. The highest BCUT2D eigenvalue weighted by atomic mass is 16.1. The molecular weight excluding hydrogens is 314 g/mol. The molecule has 0 saturated heterocycles. The highest BCUT2D eigenvalue weighted by Gasteiger charge is 2.23. The molecule has 3 heterocycles. The number of fused-ring (bicyclic) bond motifs is 1. The van der Waals surface area contributed by atoms with Gasteiger partial charge in [0.05, 0.1) is 11.1 Å². The maximum atomic E-state index is 12.8. The second kappa shape index (κ2) is 6.38. The van der Waals surface area contributed by atoms with E-state index in [0.29, 0.717) is 17.9 Å². The van der Waals surface area contributed by atoms with E-state index in [0.717, 1.165) is 30.8 Å². The molecule has 0 aliphatic carbocycles. The Balaban J connectivity index is 1.60. The zero-order valence-corrected chi connectivity index (χ0v) is 13.6. The maximum absolute atomic E-state index is 12.8.